The van der Waals surface area contributed by atoms with Crippen LogP contribution in [0.1, 0.15) is 35.4 Å². The molecule has 2 aromatic heterocycles. The van der Waals surface area contributed by atoms with E-state index in [0.717, 1.165) is 16.8 Å². The van der Waals surface area contributed by atoms with Gasteiger partial charge < -0.3 is 4.57 Å². The molecule has 0 fully saturated rings. The standard InChI is InChI=1S/C22H20F2N6O/c1-3-19(14-4-8-16(23)9-5-14)30-13-18(27-28-30)21(31)26-22-25-12-20(29(22)2)15-6-10-17(24)11-7-15/h4-13,19H,3H2,1-2H3,(H,25,26,31)/t19-/m0/s1. The van der Waals surface area contributed by atoms with E-state index in [1.165, 1.54) is 24.3 Å². The molecule has 0 aliphatic heterocycles. The first-order valence-electron chi connectivity index (χ1n) is 9.72. The molecule has 0 radical (unpaired) electrons. The van der Waals surface area contributed by atoms with E-state index < -0.39 is 5.91 Å². The van der Waals surface area contributed by atoms with Gasteiger partial charge in [-0.05, 0) is 48.4 Å². The van der Waals surface area contributed by atoms with E-state index >= 15 is 0 Å². The molecule has 1 atom stereocenters. The number of benzene rings is 2. The van der Waals surface area contributed by atoms with Crippen LogP contribution < -0.4 is 5.32 Å². The maximum atomic E-state index is 13.2. The Balaban J connectivity index is 1.52. The first-order chi connectivity index (χ1) is 15.0. The van der Waals surface area contributed by atoms with E-state index in [9.17, 15) is 13.6 Å². The third-order valence-corrected chi connectivity index (χ3v) is 5.06. The number of hydrogen-bond acceptors (Lipinski definition) is 4. The van der Waals surface area contributed by atoms with Gasteiger partial charge in [0.25, 0.3) is 5.91 Å². The fourth-order valence-corrected chi connectivity index (χ4v) is 3.37. The summed E-state index contributed by atoms with van der Waals surface area (Å²) in [7, 11) is 1.75. The van der Waals surface area contributed by atoms with E-state index in [2.05, 4.69) is 20.6 Å². The molecular weight excluding hydrogens is 402 g/mol. The molecule has 9 heteroatoms. The second kappa shape index (κ2) is 8.47. The summed E-state index contributed by atoms with van der Waals surface area (Å²) in [4.78, 5) is 16.9. The van der Waals surface area contributed by atoms with Crippen molar-refractivity contribution >= 4 is 11.9 Å². The molecule has 7 nitrogen and oxygen atoms in total. The summed E-state index contributed by atoms with van der Waals surface area (Å²) in [6.45, 7) is 1.97. The summed E-state index contributed by atoms with van der Waals surface area (Å²) >= 11 is 0. The smallest absolute Gasteiger partial charge is 0.280 e. The van der Waals surface area contributed by atoms with Crippen molar-refractivity contribution in [2.75, 3.05) is 5.32 Å². The maximum Gasteiger partial charge on any atom is 0.280 e. The van der Waals surface area contributed by atoms with Gasteiger partial charge in [0.1, 0.15) is 11.6 Å². The molecule has 2 heterocycles. The number of carbonyl (C=O) groups excluding carboxylic acids is 1. The predicted octanol–water partition coefficient (Wildman–Crippen LogP) is 4.21. The van der Waals surface area contributed by atoms with Crippen LogP contribution in [0.2, 0.25) is 0 Å². The average molecular weight is 422 g/mol. The number of imidazole rings is 1. The molecule has 0 spiro atoms. The minimum absolute atomic E-state index is 0.131. The number of aromatic nitrogens is 5. The Bertz CT molecular complexity index is 1200. The lowest BCUT2D eigenvalue weighted by atomic mass is 10.0. The van der Waals surface area contributed by atoms with Gasteiger partial charge in [0, 0.05) is 12.6 Å². The molecule has 2 aromatic carbocycles. The van der Waals surface area contributed by atoms with Crippen molar-refractivity contribution in [1.29, 1.82) is 0 Å². The topological polar surface area (TPSA) is 77.6 Å². The molecule has 158 valence electrons. The molecule has 1 N–H and O–H groups in total. The van der Waals surface area contributed by atoms with Crippen LogP contribution in [0.5, 0.6) is 0 Å². The Kier molecular flexibility index (Phi) is 5.57. The quantitative estimate of drug-likeness (QED) is 0.505. The summed E-state index contributed by atoms with van der Waals surface area (Å²) in [5, 5.41) is 10.8. The molecule has 31 heavy (non-hydrogen) atoms. The highest BCUT2D eigenvalue weighted by atomic mass is 19.1. The van der Waals surface area contributed by atoms with E-state index in [1.807, 2.05) is 6.92 Å². The first kappa shape index (κ1) is 20.4. The molecule has 0 aliphatic carbocycles. The van der Waals surface area contributed by atoms with Crippen LogP contribution in [0, 0.1) is 11.6 Å². The Morgan fingerprint density at radius 2 is 1.71 bits per heavy atom. The molecule has 4 rings (SSSR count). The highest BCUT2D eigenvalue weighted by Crippen LogP contribution is 2.23. The van der Waals surface area contributed by atoms with Gasteiger partial charge >= 0.3 is 0 Å². The number of anilines is 1. The molecule has 0 saturated heterocycles. The van der Waals surface area contributed by atoms with Crippen LogP contribution in [-0.2, 0) is 7.05 Å². The highest BCUT2D eigenvalue weighted by Gasteiger charge is 2.19. The van der Waals surface area contributed by atoms with Crippen LogP contribution >= 0.6 is 0 Å². The lowest BCUT2D eigenvalue weighted by Gasteiger charge is -2.15. The summed E-state index contributed by atoms with van der Waals surface area (Å²) in [5.41, 5.74) is 2.50. The van der Waals surface area contributed by atoms with Crippen molar-refractivity contribution in [3.8, 4) is 11.3 Å². The van der Waals surface area contributed by atoms with Gasteiger partial charge in [0.2, 0.25) is 5.95 Å². The molecular formula is C22H20F2N6O. The molecule has 0 unspecified atom stereocenters. The Morgan fingerprint density at radius 1 is 1.06 bits per heavy atom. The summed E-state index contributed by atoms with van der Waals surface area (Å²) in [6.07, 6.45) is 3.84. The highest BCUT2D eigenvalue weighted by molar-refractivity contribution is 6.01. The van der Waals surface area contributed by atoms with Crippen LogP contribution in [0.4, 0.5) is 14.7 Å². The molecule has 4 aromatic rings. The van der Waals surface area contributed by atoms with Crippen molar-refractivity contribution in [3.05, 3.63) is 83.8 Å². The van der Waals surface area contributed by atoms with Gasteiger partial charge in [-0.2, -0.15) is 0 Å². The number of carbonyl (C=O) groups is 1. The number of rotatable bonds is 6. The number of nitrogens with one attached hydrogen (secondary N) is 1. The molecule has 1 amide bonds. The van der Waals surface area contributed by atoms with Crippen LogP contribution in [0.25, 0.3) is 11.3 Å². The second-order valence-corrected chi connectivity index (χ2v) is 7.05. The molecule has 0 bridgehead atoms. The lowest BCUT2D eigenvalue weighted by molar-refractivity contribution is 0.102. The minimum Gasteiger partial charge on any atom is -0.313 e. The average Bonchev–Trinajstić information content (AvgIpc) is 3.39. The fourth-order valence-electron chi connectivity index (χ4n) is 3.37. The number of halogens is 2. The van der Waals surface area contributed by atoms with Crippen LogP contribution in [-0.4, -0.2) is 30.5 Å². The van der Waals surface area contributed by atoms with Gasteiger partial charge in [-0.25, -0.2) is 18.4 Å². The number of amides is 1. The Hall–Kier alpha value is -3.88. The van der Waals surface area contributed by atoms with Gasteiger partial charge in [-0.15, -0.1) is 5.10 Å². The van der Waals surface area contributed by atoms with Crippen molar-refractivity contribution in [1.82, 2.24) is 24.5 Å². The first-order valence-corrected chi connectivity index (χ1v) is 9.72. The summed E-state index contributed by atoms with van der Waals surface area (Å²) < 4.78 is 29.7. The molecule has 0 saturated carbocycles. The maximum absolute atomic E-state index is 13.2. The van der Waals surface area contributed by atoms with E-state index in [4.69, 9.17) is 0 Å². The van der Waals surface area contributed by atoms with Gasteiger partial charge in [0.05, 0.1) is 24.1 Å². The zero-order valence-corrected chi connectivity index (χ0v) is 17.0. The van der Waals surface area contributed by atoms with Crippen LogP contribution in [0.15, 0.2) is 60.9 Å². The lowest BCUT2D eigenvalue weighted by Crippen LogP contribution is -2.16. The minimum atomic E-state index is -0.459. The SMILES string of the molecule is CC[C@@H](c1ccc(F)cc1)n1cc(C(=O)Nc2ncc(-c3ccc(F)cc3)n2C)nn1. The predicted molar refractivity (Wildman–Crippen MR) is 111 cm³/mol. The fraction of sp³-hybridized carbons (Fsp3) is 0.182. The summed E-state index contributed by atoms with van der Waals surface area (Å²) in [6, 6.07) is 12.0. The van der Waals surface area contributed by atoms with Gasteiger partial charge in [-0.1, -0.05) is 24.3 Å². The van der Waals surface area contributed by atoms with Crippen molar-refractivity contribution < 1.29 is 13.6 Å². The van der Waals surface area contributed by atoms with E-state index in [-0.39, 0.29) is 23.4 Å². The van der Waals surface area contributed by atoms with Crippen molar-refractivity contribution in [3.63, 3.8) is 0 Å². The zero-order valence-electron chi connectivity index (χ0n) is 17.0. The second-order valence-electron chi connectivity index (χ2n) is 7.05. The largest absolute Gasteiger partial charge is 0.313 e. The monoisotopic (exact) mass is 422 g/mol. The van der Waals surface area contributed by atoms with E-state index in [1.54, 1.807) is 53.0 Å². The Morgan fingerprint density at radius 3 is 2.35 bits per heavy atom. The summed E-state index contributed by atoms with van der Waals surface area (Å²) in [5.74, 6) is -0.773. The molecule has 0 aliphatic rings. The van der Waals surface area contributed by atoms with Crippen LogP contribution in [0.3, 0.4) is 0 Å². The van der Waals surface area contributed by atoms with Gasteiger partial charge in [-0.3, -0.25) is 10.1 Å². The van der Waals surface area contributed by atoms with Crippen molar-refractivity contribution in [2.24, 2.45) is 7.05 Å². The Labute approximate surface area is 177 Å². The third kappa shape index (κ3) is 4.20. The van der Waals surface area contributed by atoms with E-state index in [0.29, 0.717) is 12.4 Å². The number of nitrogens with zero attached hydrogens (tertiary/aromatic N) is 5. The normalized spacial score (nSPS) is 12.0. The zero-order chi connectivity index (χ0) is 22.0. The van der Waals surface area contributed by atoms with Gasteiger partial charge in [0.15, 0.2) is 5.69 Å². The number of hydrogen-bond donors (Lipinski definition) is 1. The van der Waals surface area contributed by atoms with Crippen molar-refractivity contribution in [2.45, 2.75) is 19.4 Å². The third-order valence-electron chi connectivity index (χ3n) is 5.06.